The molecule has 0 amide bonds. The second-order valence-electron chi connectivity index (χ2n) is 4.43. The monoisotopic (exact) mass is 258 g/mol. The van der Waals surface area contributed by atoms with Crippen LogP contribution in [0.25, 0.3) is 0 Å². The third-order valence-corrected chi connectivity index (χ3v) is 3.38. The summed E-state index contributed by atoms with van der Waals surface area (Å²) in [6, 6.07) is 6.29. The Morgan fingerprint density at radius 2 is 1.81 bits per heavy atom. The van der Waals surface area contributed by atoms with E-state index in [0.29, 0.717) is 22.1 Å². The van der Waals surface area contributed by atoms with Gasteiger partial charge in [-0.1, -0.05) is 23.2 Å². The first kappa shape index (κ1) is 12.0. The molecule has 16 heavy (non-hydrogen) atoms. The lowest BCUT2D eigenvalue weighted by molar-refractivity contribution is 0.409. The number of hydrogen-bond acceptors (Lipinski definition) is 2. The molecule has 1 aliphatic rings. The smallest absolute Gasteiger partial charge is 0.0441 e. The Bertz CT molecular complexity index is 348. The van der Waals surface area contributed by atoms with Crippen molar-refractivity contribution in [1.29, 1.82) is 0 Å². The highest BCUT2D eigenvalue weighted by molar-refractivity contribution is 6.35. The molecule has 2 unspecified atom stereocenters. The van der Waals surface area contributed by atoms with Crippen molar-refractivity contribution in [3.63, 3.8) is 0 Å². The second kappa shape index (κ2) is 5.26. The molecule has 1 saturated carbocycles. The van der Waals surface area contributed by atoms with Gasteiger partial charge in [-0.25, -0.2) is 0 Å². The largest absolute Gasteiger partial charge is 0.382 e. The SMILES string of the molecule is NC1CCCC(Nc2cc(Cl)cc(Cl)c2)C1. The molecule has 0 aliphatic heterocycles. The van der Waals surface area contributed by atoms with Gasteiger partial charge in [0.2, 0.25) is 0 Å². The molecule has 88 valence electrons. The van der Waals surface area contributed by atoms with E-state index >= 15 is 0 Å². The quantitative estimate of drug-likeness (QED) is 0.850. The minimum Gasteiger partial charge on any atom is -0.382 e. The lowest BCUT2D eigenvalue weighted by atomic mass is 9.91. The van der Waals surface area contributed by atoms with Gasteiger partial charge in [-0.3, -0.25) is 0 Å². The molecular formula is C12H16Cl2N2. The zero-order valence-corrected chi connectivity index (χ0v) is 10.6. The van der Waals surface area contributed by atoms with E-state index in [1.54, 1.807) is 6.07 Å². The first-order chi connectivity index (χ1) is 7.63. The molecule has 0 heterocycles. The average molecular weight is 259 g/mol. The topological polar surface area (TPSA) is 38.0 Å². The van der Waals surface area contributed by atoms with Crippen molar-refractivity contribution in [2.75, 3.05) is 5.32 Å². The number of nitrogens with two attached hydrogens (primary N) is 1. The van der Waals surface area contributed by atoms with Crippen molar-refractivity contribution in [2.45, 2.75) is 37.8 Å². The molecule has 0 aromatic heterocycles. The van der Waals surface area contributed by atoms with Gasteiger partial charge in [-0.2, -0.15) is 0 Å². The molecule has 1 aromatic rings. The van der Waals surface area contributed by atoms with Crippen LogP contribution in [0.3, 0.4) is 0 Å². The van der Waals surface area contributed by atoms with Gasteiger partial charge in [0.15, 0.2) is 0 Å². The highest BCUT2D eigenvalue weighted by Gasteiger charge is 2.18. The van der Waals surface area contributed by atoms with E-state index in [4.69, 9.17) is 28.9 Å². The number of nitrogens with one attached hydrogen (secondary N) is 1. The van der Waals surface area contributed by atoms with Gasteiger partial charge in [0.05, 0.1) is 0 Å². The van der Waals surface area contributed by atoms with E-state index in [1.807, 2.05) is 12.1 Å². The van der Waals surface area contributed by atoms with Crippen LogP contribution in [0.4, 0.5) is 5.69 Å². The van der Waals surface area contributed by atoms with Crippen molar-refractivity contribution in [3.05, 3.63) is 28.2 Å². The Labute approximate surface area is 106 Å². The van der Waals surface area contributed by atoms with Gasteiger partial charge in [0, 0.05) is 27.8 Å². The predicted molar refractivity (Wildman–Crippen MR) is 70.3 cm³/mol. The normalized spacial score (nSPS) is 25.4. The molecule has 0 saturated heterocycles. The van der Waals surface area contributed by atoms with Gasteiger partial charge in [-0.15, -0.1) is 0 Å². The Balaban J connectivity index is 2.02. The molecule has 0 radical (unpaired) electrons. The van der Waals surface area contributed by atoms with Crippen molar-refractivity contribution >= 4 is 28.9 Å². The fourth-order valence-corrected chi connectivity index (χ4v) is 2.76. The van der Waals surface area contributed by atoms with Gasteiger partial charge in [0.25, 0.3) is 0 Å². The van der Waals surface area contributed by atoms with Crippen LogP contribution in [0.15, 0.2) is 18.2 Å². The minimum atomic E-state index is 0.320. The summed E-state index contributed by atoms with van der Waals surface area (Å²) in [5.41, 5.74) is 6.93. The van der Waals surface area contributed by atoms with Crippen molar-refractivity contribution in [2.24, 2.45) is 5.73 Å². The number of rotatable bonds is 2. The lowest BCUT2D eigenvalue weighted by Crippen LogP contribution is -2.34. The van der Waals surface area contributed by atoms with Gasteiger partial charge < -0.3 is 11.1 Å². The third-order valence-electron chi connectivity index (χ3n) is 2.95. The van der Waals surface area contributed by atoms with Crippen LogP contribution in [-0.4, -0.2) is 12.1 Å². The maximum atomic E-state index is 5.95. The van der Waals surface area contributed by atoms with Gasteiger partial charge in [0.1, 0.15) is 0 Å². The zero-order chi connectivity index (χ0) is 11.5. The molecule has 1 fully saturated rings. The van der Waals surface area contributed by atoms with E-state index in [0.717, 1.165) is 24.9 Å². The Kier molecular flexibility index (Phi) is 3.95. The molecule has 2 nitrogen and oxygen atoms in total. The van der Waals surface area contributed by atoms with Crippen molar-refractivity contribution < 1.29 is 0 Å². The summed E-state index contributed by atoms with van der Waals surface area (Å²) in [5.74, 6) is 0. The van der Waals surface area contributed by atoms with Crippen molar-refractivity contribution in [1.82, 2.24) is 0 Å². The first-order valence-electron chi connectivity index (χ1n) is 5.62. The van der Waals surface area contributed by atoms with E-state index in [2.05, 4.69) is 5.32 Å². The summed E-state index contributed by atoms with van der Waals surface area (Å²) < 4.78 is 0. The summed E-state index contributed by atoms with van der Waals surface area (Å²) in [5, 5.41) is 4.77. The molecule has 0 bridgehead atoms. The maximum Gasteiger partial charge on any atom is 0.0441 e. The van der Waals surface area contributed by atoms with E-state index in [1.165, 1.54) is 6.42 Å². The van der Waals surface area contributed by atoms with Gasteiger partial charge in [-0.05, 0) is 43.9 Å². The first-order valence-corrected chi connectivity index (χ1v) is 6.37. The molecule has 2 atom stereocenters. The van der Waals surface area contributed by atoms with Crippen LogP contribution in [0, 0.1) is 0 Å². The summed E-state index contributed by atoms with van der Waals surface area (Å²) in [7, 11) is 0. The maximum absolute atomic E-state index is 5.95. The number of hydrogen-bond donors (Lipinski definition) is 2. The van der Waals surface area contributed by atoms with Crippen molar-refractivity contribution in [3.8, 4) is 0 Å². The summed E-state index contributed by atoms with van der Waals surface area (Å²) >= 11 is 11.9. The van der Waals surface area contributed by atoms with Crippen LogP contribution < -0.4 is 11.1 Å². The molecule has 4 heteroatoms. The second-order valence-corrected chi connectivity index (χ2v) is 5.30. The van der Waals surface area contributed by atoms with Crippen LogP contribution in [0.2, 0.25) is 10.0 Å². The highest BCUT2D eigenvalue weighted by Crippen LogP contribution is 2.26. The Morgan fingerprint density at radius 1 is 1.12 bits per heavy atom. The van der Waals surface area contributed by atoms with Crippen LogP contribution in [0.1, 0.15) is 25.7 Å². The van der Waals surface area contributed by atoms with E-state index in [-0.39, 0.29) is 0 Å². The number of halogens is 2. The van der Waals surface area contributed by atoms with Crippen LogP contribution in [0.5, 0.6) is 0 Å². The zero-order valence-electron chi connectivity index (χ0n) is 9.05. The lowest BCUT2D eigenvalue weighted by Gasteiger charge is -2.28. The molecule has 0 spiro atoms. The van der Waals surface area contributed by atoms with Crippen LogP contribution in [-0.2, 0) is 0 Å². The molecule has 1 aromatic carbocycles. The highest BCUT2D eigenvalue weighted by atomic mass is 35.5. The number of benzene rings is 1. The summed E-state index contributed by atoms with van der Waals surface area (Å²) in [6.45, 7) is 0. The summed E-state index contributed by atoms with van der Waals surface area (Å²) in [6.07, 6.45) is 4.50. The molecule has 1 aliphatic carbocycles. The standard InChI is InChI=1S/C12H16Cl2N2/c13-8-4-9(14)6-12(5-8)16-11-3-1-2-10(15)7-11/h4-6,10-11,16H,1-3,7,15H2. The third kappa shape index (κ3) is 3.27. The molecule has 2 rings (SSSR count). The predicted octanol–water partition coefficient (Wildman–Crippen LogP) is 3.68. The Morgan fingerprint density at radius 3 is 2.44 bits per heavy atom. The fraction of sp³-hybridized carbons (Fsp3) is 0.500. The molecular weight excluding hydrogens is 243 g/mol. The Hall–Kier alpha value is -0.440. The summed E-state index contributed by atoms with van der Waals surface area (Å²) in [4.78, 5) is 0. The minimum absolute atomic E-state index is 0.320. The molecule has 3 N–H and O–H groups in total. The fourth-order valence-electron chi connectivity index (χ4n) is 2.23. The van der Waals surface area contributed by atoms with Gasteiger partial charge >= 0.3 is 0 Å². The van der Waals surface area contributed by atoms with E-state index < -0.39 is 0 Å². The van der Waals surface area contributed by atoms with Crippen LogP contribution >= 0.6 is 23.2 Å². The average Bonchev–Trinajstić information content (AvgIpc) is 2.15. The number of anilines is 1. The van der Waals surface area contributed by atoms with E-state index in [9.17, 15) is 0 Å².